The van der Waals surface area contributed by atoms with Gasteiger partial charge in [0.1, 0.15) is 6.23 Å². The van der Waals surface area contributed by atoms with Gasteiger partial charge < -0.3 is 19.7 Å². The van der Waals surface area contributed by atoms with Gasteiger partial charge in [-0.05, 0) is 50.9 Å². The summed E-state index contributed by atoms with van der Waals surface area (Å²) in [4.78, 5) is 0. The summed E-state index contributed by atoms with van der Waals surface area (Å²) in [7, 11) is -0.392. The number of benzene rings is 1. The van der Waals surface area contributed by atoms with E-state index in [-0.39, 0.29) is 11.2 Å². The zero-order valence-electron chi connectivity index (χ0n) is 12.3. The zero-order valence-corrected chi connectivity index (χ0v) is 12.3. The van der Waals surface area contributed by atoms with Crippen molar-refractivity contribution in [1.82, 2.24) is 0 Å². The van der Waals surface area contributed by atoms with Gasteiger partial charge in [0.15, 0.2) is 0 Å². The number of anilines is 1. The Morgan fingerprint density at radius 3 is 2.45 bits per heavy atom. The van der Waals surface area contributed by atoms with E-state index >= 15 is 0 Å². The van der Waals surface area contributed by atoms with Crippen LogP contribution in [0.5, 0.6) is 0 Å². The van der Waals surface area contributed by atoms with Crippen molar-refractivity contribution < 1.29 is 14.4 Å². The van der Waals surface area contributed by atoms with E-state index in [1.54, 1.807) is 6.08 Å². The molecule has 0 radical (unpaired) electrons. The molecular formula is C15H20BNO3. The van der Waals surface area contributed by atoms with Crippen LogP contribution in [0.15, 0.2) is 24.3 Å². The molecule has 20 heavy (non-hydrogen) atoms. The molecule has 1 aromatic rings. The highest BCUT2D eigenvalue weighted by atomic mass is 16.7. The normalized spacial score (nSPS) is 26.2. The first kappa shape index (κ1) is 13.7. The molecule has 106 valence electrons. The first-order valence-corrected chi connectivity index (χ1v) is 6.91. The van der Waals surface area contributed by atoms with Crippen molar-refractivity contribution in [2.45, 2.75) is 45.1 Å². The maximum absolute atomic E-state index is 9.62. The van der Waals surface area contributed by atoms with E-state index < -0.39 is 13.3 Å². The monoisotopic (exact) mass is 273 g/mol. The molecule has 0 spiro atoms. The zero-order chi connectivity index (χ0) is 14.5. The molecular weight excluding hydrogens is 253 g/mol. The molecule has 4 nitrogen and oxygen atoms in total. The van der Waals surface area contributed by atoms with E-state index in [1.165, 1.54) is 0 Å². The Morgan fingerprint density at radius 1 is 1.15 bits per heavy atom. The Balaban J connectivity index is 1.99. The number of rotatable bonds is 1. The van der Waals surface area contributed by atoms with E-state index in [0.29, 0.717) is 0 Å². The first-order chi connectivity index (χ1) is 9.30. The molecule has 2 aliphatic heterocycles. The molecule has 0 aromatic heterocycles. The van der Waals surface area contributed by atoms with E-state index in [4.69, 9.17) is 9.31 Å². The van der Waals surface area contributed by atoms with Gasteiger partial charge in [-0.1, -0.05) is 18.2 Å². The van der Waals surface area contributed by atoms with Crippen LogP contribution in [-0.4, -0.2) is 29.7 Å². The molecule has 1 aromatic carbocycles. The Kier molecular flexibility index (Phi) is 2.97. The molecule has 5 heteroatoms. The second kappa shape index (κ2) is 4.35. The molecule has 1 unspecified atom stereocenters. The Labute approximate surface area is 119 Å². The van der Waals surface area contributed by atoms with Crippen LogP contribution in [0, 0.1) is 0 Å². The lowest BCUT2D eigenvalue weighted by Crippen LogP contribution is -2.41. The summed E-state index contributed by atoms with van der Waals surface area (Å²) in [5.74, 6) is 0. The standard InChI is InChI=1S/C15H20BNO3/c1-14(2)15(3,4)20-16(19-14)11-6-5-7-12-10(11)8-9-13(18)17-12/h5-9,13,17-18H,1-4H3. The van der Waals surface area contributed by atoms with Crippen molar-refractivity contribution in [3.63, 3.8) is 0 Å². The summed E-state index contributed by atoms with van der Waals surface area (Å²) < 4.78 is 12.2. The van der Waals surface area contributed by atoms with Crippen LogP contribution in [-0.2, 0) is 9.31 Å². The highest BCUT2D eigenvalue weighted by Crippen LogP contribution is 2.37. The minimum atomic E-state index is -0.643. The third kappa shape index (κ3) is 2.06. The van der Waals surface area contributed by atoms with Crippen molar-refractivity contribution >= 4 is 24.3 Å². The average Bonchev–Trinajstić information content (AvgIpc) is 2.57. The van der Waals surface area contributed by atoms with E-state index in [9.17, 15) is 5.11 Å². The average molecular weight is 273 g/mol. The number of fused-ring (bicyclic) bond motifs is 1. The van der Waals surface area contributed by atoms with E-state index in [1.807, 2.05) is 52.0 Å². The fourth-order valence-electron chi connectivity index (χ4n) is 2.47. The Bertz CT molecular complexity index is 552. The summed E-state index contributed by atoms with van der Waals surface area (Å²) in [6.07, 6.45) is 2.99. The van der Waals surface area contributed by atoms with E-state index in [0.717, 1.165) is 16.7 Å². The number of aliphatic hydroxyl groups is 1. The lowest BCUT2D eigenvalue weighted by Gasteiger charge is -2.32. The molecule has 2 aliphatic rings. The van der Waals surface area contributed by atoms with Gasteiger partial charge in [0, 0.05) is 5.69 Å². The number of hydrogen-bond donors (Lipinski definition) is 2. The number of hydrogen-bond acceptors (Lipinski definition) is 4. The Hall–Kier alpha value is -1.30. The molecule has 1 atom stereocenters. The molecule has 3 rings (SSSR count). The maximum atomic E-state index is 9.62. The molecule has 0 saturated carbocycles. The summed E-state index contributed by atoms with van der Waals surface area (Å²) in [5.41, 5.74) is 2.18. The predicted molar refractivity (Wildman–Crippen MR) is 80.8 cm³/mol. The molecule has 0 amide bonds. The quantitative estimate of drug-likeness (QED) is 0.765. The maximum Gasteiger partial charge on any atom is 0.495 e. The van der Waals surface area contributed by atoms with Crippen LogP contribution in [0.25, 0.3) is 6.08 Å². The third-order valence-electron chi connectivity index (χ3n) is 4.40. The van der Waals surface area contributed by atoms with Gasteiger partial charge in [-0.3, -0.25) is 0 Å². The summed E-state index contributed by atoms with van der Waals surface area (Å²) in [6, 6.07) is 5.89. The first-order valence-electron chi connectivity index (χ1n) is 6.91. The minimum absolute atomic E-state index is 0.355. The van der Waals surface area contributed by atoms with Crippen LogP contribution in [0.3, 0.4) is 0 Å². The second-order valence-corrected chi connectivity index (χ2v) is 6.35. The summed E-state index contributed by atoms with van der Waals surface area (Å²) >= 11 is 0. The third-order valence-corrected chi connectivity index (χ3v) is 4.40. The molecule has 0 aliphatic carbocycles. The Morgan fingerprint density at radius 2 is 1.80 bits per heavy atom. The number of aliphatic hydroxyl groups excluding tert-OH is 1. The van der Waals surface area contributed by atoms with Crippen LogP contribution in [0.4, 0.5) is 5.69 Å². The van der Waals surface area contributed by atoms with Crippen molar-refractivity contribution in [3.05, 3.63) is 29.8 Å². The van der Waals surface area contributed by atoms with Gasteiger partial charge in [-0.25, -0.2) is 0 Å². The topological polar surface area (TPSA) is 50.7 Å². The molecule has 1 fully saturated rings. The SMILES string of the molecule is CC1(C)OB(c2cccc3c2C=CC(O)N3)OC1(C)C. The molecule has 2 N–H and O–H groups in total. The largest absolute Gasteiger partial charge is 0.495 e. The summed E-state index contributed by atoms with van der Waals surface area (Å²) in [6.45, 7) is 8.17. The lowest BCUT2D eigenvalue weighted by molar-refractivity contribution is 0.00578. The van der Waals surface area contributed by atoms with Gasteiger partial charge >= 0.3 is 7.12 Å². The van der Waals surface area contributed by atoms with Crippen LogP contribution in [0.2, 0.25) is 0 Å². The fourth-order valence-corrected chi connectivity index (χ4v) is 2.47. The van der Waals surface area contributed by atoms with E-state index in [2.05, 4.69) is 5.32 Å². The lowest BCUT2D eigenvalue weighted by atomic mass is 9.75. The van der Waals surface area contributed by atoms with Gasteiger partial charge in [0.25, 0.3) is 0 Å². The minimum Gasteiger partial charge on any atom is -0.399 e. The second-order valence-electron chi connectivity index (χ2n) is 6.35. The summed E-state index contributed by atoms with van der Waals surface area (Å²) in [5, 5.41) is 12.6. The fraction of sp³-hybridized carbons (Fsp3) is 0.467. The van der Waals surface area contributed by atoms with Crippen LogP contribution < -0.4 is 10.8 Å². The highest BCUT2D eigenvalue weighted by Gasteiger charge is 2.52. The van der Waals surface area contributed by atoms with Gasteiger partial charge in [0.05, 0.1) is 11.2 Å². The number of nitrogens with one attached hydrogen (secondary N) is 1. The molecule has 1 saturated heterocycles. The highest BCUT2D eigenvalue weighted by molar-refractivity contribution is 6.63. The molecule has 0 bridgehead atoms. The van der Waals surface area contributed by atoms with Crippen LogP contribution in [0.1, 0.15) is 33.3 Å². The van der Waals surface area contributed by atoms with Crippen LogP contribution >= 0.6 is 0 Å². The van der Waals surface area contributed by atoms with Crippen molar-refractivity contribution in [2.24, 2.45) is 0 Å². The smallest absolute Gasteiger partial charge is 0.399 e. The van der Waals surface area contributed by atoms with Crippen molar-refractivity contribution in [2.75, 3.05) is 5.32 Å². The van der Waals surface area contributed by atoms with Crippen molar-refractivity contribution in [1.29, 1.82) is 0 Å². The van der Waals surface area contributed by atoms with Gasteiger partial charge in [-0.2, -0.15) is 0 Å². The van der Waals surface area contributed by atoms with Crippen molar-refractivity contribution in [3.8, 4) is 0 Å². The molecule has 2 heterocycles. The van der Waals surface area contributed by atoms with Gasteiger partial charge in [-0.15, -0.1) is 0 Å². The predicted octanol–water partition coefficient (Wildman–Crippen LogP) is 1.74. The van der Waals surface area contributed by atoms with Gasteiger partial charge in [0.2, 0.25) is 0 Å².